The van der Waals surface area contributed by atoms with Crippen LogP contribution in [-0.2, 0) is 26.2 Å². The molecule has 9 nitrogen and oxygen atoms in total. The van der Waals surface area contributed by atoms with Gasteiger partial charge in [0, 0.05) is 28.7 Å². The number of ether oxygens (including phenoxy) is 2. The number of amides is 2. The van der Waals surface area contributed by atoms with E-state index in [1.54, 1.807) is 32.9 Å². The number of methoxy groups -OCH3 is 2. The van der Waals surface area contributed by atoms with Crippen LogP contribution in [0.3, 0.4) is 0 Å². The third-order valence-corrected chi connectivity index (χ3v) is 8.87. The minimum atomic E-state index is -4.43. The fraction of sp³-hybridized carbons (Fsp3) is 0.333. The third kappa shape index (κ3) is 8.31. The maximum absolute atomic E-state index is 14.1. The Balaban J connectivity index is 2.12. The van der Waals surface area contributed by atoms with Gasteiger partial charge in [-0.25, -0.2) is 12.8 Å². The molecule has 0 fully saturated rings. The molecular weight excluding hydrogens is 620 g/mol. The SMILES string of the molecule is CC[C@H](C(=O)NC(C)C)N(Cc1ccc(Cl)cc1Cl)C(=O)CN(c1ccc(F)cc1)S(=O)(=O)c1ccc(OC)c(OC)c1. The zero-order valence-electron chi connectivity index (χ0n) is 24.4. The van der Waals surface area contributed by atoms with E-state index in [2.05, 4.69) is 5.32 Å². The Labute approximate surface area is 261 Å². The first kappa shape index (κ1) is 34.0. The van der Waals surface area contributed by atoms with Crippen LogP contribution in [0.2, 0.25) is 10.0 Å². The van der Waals surface area contributed by atoms with Gasteiger partial charge >= 0.3 is 0 Å². The van der Waals surface area contributed by atoms with E-state index < -0.39 is 40.2 Å². The van der Waals surface area contributed by atoms with Crippen LogP contribution in [-0.4, -0.2) is 58.0 Å². The van der Waals surface area contributed by atoms with Crippen LogP contribution < -0.4 is 19.1 Å². The van der Waals surface area contributed by atoms with Gasteiger partial charge in [0.25, 0.3) is 10.0 Å². The fourth-order valence-electron chi connectivity index (χ4n) is 4.37. The van der Waals surface area contributed by atoms with Gasteiger partial charge in [0.2, 0.25) is 11.8 Å². The van der Waals surface area contributed by atoms with E-state index in [4.69, 9.17) is 32.7 Å². The zero-order valence-corrected chi connectivity index (χ0v) is 26.8. The first-order valence-corrected chi connectivity index (χ1v) is 15.6. The second-order valence-corrected chi connectivity index (χ2v) is 12.6. The summed E-state index contributed by atoms with van der Waals surface area (Å²) in [7, 11) is -1.65. The van der Waals surface area contributed by atoms with E-state index in [0.29, 0.717) is 16.3 Å². The van der Waals surface area contributed by atoms with E-state index >= 15 is 0 Å². The van der Waals surface area contributed by atoms with Crippen molar-refractivity contribution in [2.45, 2.75) is 50.7 Å². The van der Waals surface area contributed by atoms with Gasteiger partial charge in [-0.05, 0) is 74.4 Å². The van der Waals surface area contributed by atoms with Crippen LogP contribution in [0.25, 0.3) is 0 Å². The smallest absolute Gasteiger partial charge is 0.264 e. The second kappa shape index (κ2) is 14.8. The topological polar surface area (TPSA) is 105 Å². The second-order valence-electron chi connectivity index (χ2n) is 9.85. The Morgan fingerprint density at radius 3 is 2.16 bits per heavy atom. The van der Waals surface area contributed by atoms with E-state index in [0.717, 1.165) is 16.4 Å². The molecule has 0 saturated heterocycles. The van der Waals surface area contributed by atoms with Gasteiger partial charge in [-0.3, -0.25) is 13.9 Å². The Morgan fingerprint density at radius 2 is 1.60 bits per heavy atom. The molecule has 0 saturated carbocycles. The molecule has 0 aliphatic rings. The molecule has 232 valence electrons. The molecule has 43 heavy (non-hydrogen) atoms. The van der Waals surface area contributed by atoms with Crippen LogP contribution >= 0.6 is 23.2 Å². The molecule has 0 bridgehead atoms. The molecule has 0 spiro atoms. The number of hydrogen-bond donors (Lipinski definition) is 1. The summed E-state index contributed by atoms with van der Waals surface area (Å²) < 4.78 is 53.4. The van der Waals surface area contributed by atoms with Crippen molar-refractivity contribution in [2.24, 2.45) is 0 Å². The Morgan fingerprint density at radius 1 is 0.953 bits per heavy atom. The Kier molecular flexibility index (Phi) is 11.7. The average Bonchev–Trinajstić information content (AvgIpc) is 2.96. The van der Waals surface area contributed by atoms with Crippen LogP contribution in [0.4, 0.5) is 10.1 Å². The Bertz CT molecular complexity index is 1550. The van der Waals surface area contributed by atoms with Gasteiger partial charge in [-0.2, -0.15) is 0 Å². The largest absolute Gasteiger partial charge is 0.493 e. The molecule has 0 aromatic heterocycles. The number of nitrogens with zero attached hydrogens (tertiary/aromatic N) is 2. The molecule has 1 N–H and O–H groups in total. The Hall–Kier alpha value is -3.54. The molecule has 2 amide bonds. The van der Waals surface area contributed by atoms with Crippen molar-refractivity contribution in [3.8, 4) is 11.5 Å². The highest BCUT2D eigenvalue weighted by Gasteiger charge is 2.34. The van der Waals surface area contributed by atoms with Crippen molar-refractivity contribution in [2.75, 3.05) is 25.1 Å². The number of rotatable bonds is 13. The number of hydrogen-bond acceptors (Lipinski definition) is 6. The molecule has 0 heterocycles. The van der Waals surface area contributed by atoms with Crippen LogP contribution in [0, 0.1) is 5.82 Å². The molecule has 3 aromatic carbocycles. The molecule has 3 rings (SSSR count). The summed E-state index contributed by atoms with van der Waals surface area (Å²) in [6.07, 6.45) is 0.231. The zero-order chi connectivity index (χ0) is 31.9. The summed E-state index contributed by atoms with van der Waals surface area (Å²) >= 11 is 12.5. The number of carbonyl (C=O) groups excluding carboxylic acids is 2. The van der Waals surface area contributed by atoms with Crippen molar-refractivity contribution in [1.82, 2.24) is 10.2 Å². The highest BCUT2D eigenvalue weighted by Crippen LogP contribution is 2.33. The van der Waals surface area contributed by atoms with Gasteiger partial charge < -0.3 is 19.7 Å². The van der Waals surface area contributed by atoms with Gasteiger partial charge in [-0.15, -0.1) is 0 Å². The van der Waals surface area contributed by atoms with E-state index in [9.17, 15) is 22.4 Å². The number of halogens is 3. The number of carbonyl (C=O) groups is 2. The quantitative estimate of drug-likeness (QED) is 0.255. The maximum Gasteiger partial charge on any atom is 0.264 e. The minimum absolute atomic E-state index is 0.0358. The van der Waals surface area contributed by atoms with Crippen molar-refractivity contribution in [1.29, 1.82) is 0 Å². The number of anilines is 1. The van der Waals surface area contributed by atoms with Gasteiger partial charge in [-0.1, -0.05) is 36.2 Å². The number of benzene rings is 3. The maximum atomic E-state index is 14.1. The fourth-order valence-corrected chi connectivity index (χ4v) is 6.27. The van der Waals surface area contributed by atoms with Gasteiger partial charge in [0.1, 0.15) is 18.4 Å². The summed E-state index contributed by atoms with van der Waals surface area (Å²) in [4.78, 5) is 28.5. The molecule has 0 radical (unpaired) electrons. The lowest BCUT2D eigenvalue weighted by Crippen LogP contribution is -2.53. The number of nitrogens with one attached hydrogen (secondary N) is 1. The van der Waals surface area contributed by atoms with E-state index in [1.165, 1.54) is 55.5 Å². The highest BCUT2D eigenvalue weighted by molar-refractivity contribution is 7.92. The van der Waals surface area contributed by atoms with Crippen LogP contribution in [0.5, 0.6) is 11.5 Å². The molecule has 0 aliphatic carbocycles. The first-order valence-electron chi connectivity index (χ1n) is 13.4. The average molecular weight is 655 g/mol. The summed E-state index contributed by atoms with van der Waals surface area (Å²) in [6, 6.07) is 12.3. The summed E-state index contributed by atoms with van der Waals surface area (Å²) in [5.74, 6) is -1.23. The minimum Gasteiger partial charge on any atom is -0.493 e. The van der Waals surface area contributed by atoms with Crippen molar-refractivity contribution in [3.63, 3.8) is 0 Å². The van der Waals surface area contributed by atoms with Crippen LogP contribution in [0.1, 0.15) is 32.8 Å². The number of sulfonamides is 1. The monoisotopic (exact) mass is 653 g/mol. The predicted molar refractivity (Wildman–Crippen MR) is 165 cm³/mol. The summed E-state index contributed by atoms with van der Waals surface area (Å²) in [5.41, 5.74) is 0.542. The van der Waals surface area contributed by atoms with Gasteiger partial charge in [0.15, 0.2) is 11.5 Å². The predicted octanol–water partition coefficient (Wildman–Crippen LogP) is 5.68. The van der Waals surface area contributed by atoms with E-state index in [-0.39, 0.29) is 40.4 Å². The summed E-state index contributed by atoms with van der Waals surface area (Å²) in [5, 5.41) is 3.49. The lowest BCUT2D eigenvalue weighted by atomic mass is 10.1. The lowest BCUT2D eigenvalue weighted by Gasteiger charge is -2.33. The first-order chi connectivity index (χ1) is 20.3. The van der Waals surface area contributed by atoms with Crippen molar-refractivity contribution < 1.29 is 31.9 Å². The van der Waals surface area contributed by atoms with E-state index in [1.807, 2.05) is 0 Å². The molecule has 1 atom stereocenters. The molecule has 3 aromatic rings. The summed E-state index contributed by atoms with van der Waals surface area (Å²) in [6.45, 7) is 4.51. The van der Waals surface area contributed by atoms with Crippen LogP contribution in [0.15, 0.2) is 65.6 Å². The van der Waals surface area contributed by atoms with Crippen molar-refractivity contribution >= 4 is 50.7 Å². The molecule has 0 aliphatic heterocycles. The third-order valence-electron chi connectivity index (χ3n) is 6.51. The highest BCUT2D eigenvalue weighted by atomic mass is 35.5. The normalized spacial score (nSPS) is 12.0. The molecule has 13 heteroatoms. The standard InChI is InChI=1S/C30H34Cl2FN3O6S/c1-6-26(30(38)34-19(2)3)35(17-20-7-8-21(31)15-25(20)32)29(37)18-36(23-11-9-22(33)10-12-23)43(39,40)24-13-14-27(41-4)28(16-24)42-5/h7-16,19,26H,6,17-18H2,1-5H3,(H,34,38)/t26-/m1/s1. The van der Waals surface area contributed by atoms with Crippen molar-refractivity contribution in [3.05, 3.63) is 82.1 Å². The van der Waals surface area contributed by atoms with Gasteiger partial charge in [0.05, 0.1) is 24.8 Å². The lowest BCUT2D eigenvalue weighted by molar-refractivity contribution is -0.140. The molecular formula is C30H34Cl2FN3O6S. The molecule has 0 unspecified atom stereocenters.